The van der Waals surface area contributed by atoms with E-state index in [9.17, 15) is 30.3 Å². The average Bonchev–Trinajstić information content (AvgIpc) is 2.74. The van der Waals surface area contributed by atoms with Crippen LogP contribution in [0.4, 0.5) is 0 Å². The molecule has 9 heteroatoms. The summed E-state index contributed by atoms with van der Waals surface area (Å²) in [5.74, 6) is -0.710. The minimum Gasteiger partial charge on any atom is -0.508 e. The summed E-state index contributed by atoms with van der Waals surface area (Å²) in [5.41, 5.74) is 0.642. The molecule has 5 N–H and O–H groups in total. The Morgan fingerprint density at radius 1 is 1.10 bits per heavy atom. The summed E-state index contributed by atoms with van der Waals surface area (Å²) in [7, 11) is 0. The lowest BCUT2D eigenvalue weighted by atomic mass is 9.94. The van der Waals surface area contributed by atoms with Gasteiger partial charge in [0.05, 0.1) is 18.8 Å². The number of rotatable bonds is 6. The third-order valence-electron chi connectivity index (χ3n) is 5.36. The zero-order chi connectivity index (χ0) is 21.7. The van der Waals surface area contributed by atoms with Crippen LogP contribution in [0.15, 0.2) is 30.3 Å². The van der Waals surface area contributed by atoms with E-state index >= 15 is 0 Å². The Balaban J connectivity index is 1.70. The van der Waals surface area contributed by atoms with Gasteiger partial charge in [-0.1, -0.05) is 25.0 Å². The van der Waals surface area contributed by atoms with E-state index in [4.69, 9.17) is 14.2 Å². The van der Waals surface area contributed by atoms with Gasteiger partial charge in [0.15, 0.2) is 12.4 Å². The highest BCUT2D eigenvalue weighted by Crippen LogP contribution is 2.29. The Morgan fingerprint density at radius 2 is 1.80 bits per heavy atom. The molecule has 0 aromatic heterocycles. The number of aliphatic hydroxyl groups is 4. The quantitative estimate of drug-likeness (QED) is 0.316. The number of esters is 1. The maximum atomic E-state index is 12.3. The third kappa shape index (κ3) is 5.57. The Labute approximate surface area is 174 Å². The lowest BCUT2D eigenvalue weighted by molar-refractivity contribution is -0.320. The number of ether oxygens (including phenoxy) is 3. The molecule has 0 radical (unpaired) electrons. The van der Waals surface area contributed by atoms with Crippen LogP contribution < -0.4 is 0 Å². The van der Waals surface area contributed by atoms with Crippen LogP contribution in [0, 0.1) is 0 Å². The molecule has 0 bridgehead atoms. The normalized spacial score (nSPS) is 34.7. The topological polar surface area (TPSA) is 146 Å². The lowest BCUT2D eigenvalue weighted by Crippen LogP contribution is -2.61. The smallest absolute Gasteiger partial charge is 0.331 e. The van der Waals surface area contributed by atoms with Crippen molar-refractivity contribution in [3.8, 4) is 5.75 Å². The zero-order valence-corrected chi connectivity index (χ0v) is 16.4. The number of carbonyl (C=O) groups is 1. The average molecular weight is 424 g/mol. The molecule has 166 valence electrons. The van der Waals surface area contributed by atoms with Crippen LogP contribution in [-0.4, -0.2) is 81.0 Å². The fourth-order valence-electron chi connectivity index (χ4n) is 3.62. The molecule has 1 heterocycles. The molecule has 0 amide bonds. The predicted octanol–water partition coefficient (Wildman–Crippen LogP) is 0.0763. The van der Waals surface area contributed by atoms with Crippen molar-refractivity contribution >= 4 is 12.0 Å². The van der Waals surface area contributed by atoms with Gasteiger partial charge in [0.1, 0.15) is 24.1 Å². The van der Waals surface area contributed by atoms with Gasteiger partial charge in [0, 0.05) is 6.08 Å². The van der Waals surface area contributed by atoms with Crippen LogP contribution in [0.3, 0.4) is 0 Å². The highest BCUT2D eigenvalue weighted by atomic mass is 16.7. The second-order valence-electron chi connectivity index (χ2n) is 7.56. The molecule has 30 heavy (non-hydrogen) atoms. The number of aromatic hydroxyl groups is 1. The first-order chi connectivity index (χ1) is 14.4. The van der Waals surface area contributed by atoms with Gasteiger partial charge in [-0.15, -0.1) is 0 Å². The number of hydrogen-bond acceptors (Lipinski definition) is 9. The lowest BCUT2D eigenvalue weighted by Gasteiger charge is -2.43. The molecule has 1 aromatic rings. The maximum Gasteiger partial charge on any atom is 0.331 e. The minimum atomic E-state index is -1.55. The van der Waals surface area contributed by atoms with Crippen molar-refractivity contribution in [2.45, 2.75) is 68.6 Å². The molecule has 7 atom stereocenters. The van der Waals surface area contributed by atoms with E-state index in [0.717, 1.165) is 18.9 Å². The maximum absolute atomic E-state index is 12.3. The van der Waals surface area contributed by atoms with Crippen LogP contribution >= 0.6 is 0 Å². The Morgan fingerprint density at radius 3 is 2.47 bits per heavy atom. The monoisotopic (exact) mass is 424 g/mol. The number of phenolic OH excluding ortho intramolecular Hbond substituents is 1. The van der Waals surface area contributed by atoms with E-state index in [1.807, 2.05) is 0 Å². The van der Waals surface area contributed by atoms with E-state index in [0.29, 0.717) is 18.4 Å². The predicted molar refractivity (Wildman–Crippen MR) is 104 cm³/mol. The van der Waals surface area contributed by atoms with Crippen molar-refractivity contribution in [2.24, 2.45) is 0 Å². The number of hydrogen-bond donors (Lipinski definition) is 5. The first-order valence-corrected chi connectivity index (χ1v) is 10.0. The van der Waals surface area contributed by atoms with Crippen molar-refractivity contribution in [3.05, 3.63) is 35.9 Å². The van der Waals surface area contributed by atoms with Gasteiger partial charge in [-0.2, -0.15) is 0 Å². The molecular weight excluding hydrogens is 396 g/mol. The molecule has 1 aromatic carbocycles. The second-order valence-corrected chi connectivity index (χ2v) is 7.56. The van der Waals surface area contributed by atoms with E-state index in [-0.39, 0.29) is 5.75 Å². The summed E-state index contributed by atoms with van der Waals surface area (Å²) in [6.07, 6.45) is -2.59. The van der Waals surface area contributed by atoms with Gasteiger partial charge < -0.3 is 39.7 Å². The van der Waals surface area contributed by atoms with E-state index in [1.54, 1.807) is 12.1 Å². The van der Waals surface area contributed by atoms with Crippen LogP contribution in [0.2, 0.25) is 0 Å². The minimum absolute atomic E-state index is 0.0921. The van der Waals surface area contributed by atoms with Crippen molar-refractivity contribution in [1.29, 1.82) is 0 Å². The van der Waals surface area contributed by atoms with Crippen LogP contribution in [-0.2, 0) is 19.0 Å². The summed E-state index contributed by atoms with van der Waals surface area (Å²) in [5, 5.41) is 49.5. The molecule has 0 unspecified atom stereocenters. The highest BCUT2D eigenvalue weighted by Gasteiger charge is 2.48. The van der Waals surface area contributed by atoms with Gasteiger partial charge in [0.2, 0.25) is 0 Å². The van der Waals surface area contributed by atoms with Crippen molar-refractivity contribution in [1.82, 2.24) is 0 Å². The van der Waals surface area contributed by atoms with Crippen LogP contribution in [0.1, 0.15) is 31.2 Å². The molecule has 2 fully saturated rings. The molecular formula is C21H28O9. The summed E-state index contributed by atoms with van der Waals surface area (Å²) < 4.78 is 16.6. The van der Waals surface area contributed by atoms with E-state index < -0.39 is 55.5 Å². The fraction of sp³-hybridized carbons (Fsp3) is 0.571. The van der Waals surface area contributed by atoms with Crippen LogP contribution in [0.5, 0.6) is 5.75 Å². The third-order valence-corrected chi connectivity index (χ3v) is 5.36. The van der Waals surface area contributed by atoms with Crippen LogP contribution in [0.25, 0.3) is 6.08 Å². The molecule has 0 spiro atoms. The first-order valence-electron chi connectivity index (χ1n) is 10.0. The summed E-state index contributed by atoms with van der Waals surface area (Å²) >= 11 is 0. The number of phenols is 1. The van der Waals surface area contributed by atoms with Gasteiger partial charge >= 0.3 is 5.97 Å². The van der Waals surface area contributed by atoms with Crippen molar-refractivity contribution in [3.63, 3.8) is 0 Å². The summed E-state index contributed by atoms with van der Waals surface area (Å²) in [6.45, 7) is -0.563. The Kier molecular flexibility index (Phi) is 7.81. The van der Waals surface area contributed by atoms with E-state index in [1.165, 1.54) is 18.2 Å². The van der Waals surface area contributed by atoms with Gasteiger partial charge in [-0.3, -0.25) is 0 Å². The molecule has 1 saturated heterocycles. The molecule has 1 aliphatic heterocycles. The standard InChI is InChI=1S/C21H28O9/c22-11-16-18(26)19(27)20(21(29-16)28-15-4-2-1-3-14(15)24)30-17(25)10-7-12-5-8-13(23)9-6-12/h5-10,14-16,18-24,26-27H,1-4,11H2/b10-7-/t14-,15-,16-,18-,19+,20-,21-/m1/s1. The number of benzene rings is 1. The summed E-state index contributed by atoms with van der Waals surface area (Å²) in [6, 6.07) is 6.14. The Bertz CT molecular complexity index is 720. The Hall–Kier alpha value is -2.01. The first kappa shape index (κ1) is 22.7. The number of carbonyl (C=O) groups excluding carboxylic acids is 1. The highest BCUT2D eigenvalue weighted by molar-refractivity contribution is 5.87. The van der Waals surface area contributed by atoms with Gasteiger partial charge in [-0.25, -0.2) is 4.79 Å². The second kappa shape index (κ2) is 10.3. The van der Waals surface area contributed by atoms with Crippen molar-refractivity contribution < 1.29 is 44.5 Å². The van der Waals surface area contributed by atoms with Gasteiger partial charge in [-0.05, 0) is 36.6 Å². The van der Waals surface area contributed by atoms with E-state index in [2.05, 4.69) is 0 Å². The van der Waals surface area contributed by atoms with Crippen molar-refractivity contribution in [2.75, 3.05) is 6.61 Å². The molecule has 3 rings (SSSR count). The molecule has 2 aliphatic rings. The zero-order valence-electron chi connectivity index (χ0n) is 16.4. The molecule has 9 nitrogen and oxygen atoms in total. The SMILES string of the molecule is O=C(/C=C\c1ccc(O)cc1)O[C@H]1[C@H](O[C@@H]2CCCC[C@H]2O)O[C@H](CO)[C@@H](O)[C@@H]1O. The number of aliphatic hydroxyl groups excluding tert-OH is 4. The van der Waals surface area contributed by atoms with Gasteiger partial charge in [0.25, 0.3) is 0 Å². The molecule has 1 aliphatic carbocycles. The molecule has 1 saturated carbocycles. The fourth-order valence-corrected chi connectivity index (χ4v) is 3.62. The largest absolute Gasteiger partial charge is 0.508 e. The summed E-state index contributed by atoms with van der Waals surface area (Å²) in [4.78, 5) is 12.3.